The average Bonchev–Trinajstić information content (AvgIpc) is 2.94. The van der Waals surface area contributed by atoms with Gasteiger partial charge in [0.1, 0.15) is 0 Å². The molecule has 112 valence electrons. The molecule has 0 amide bonds. The van der Waals surface area contributed by atoms with Gasteiger partial charge >= 0.3 is 0 Å². The Hall–Kier alpha value is -1.65. The molecule has 2 atom stereocenters. The van der Waals surface area contributed by atoms with Crippen molar-refractivity contribution in [3.05, 3.63) is 53.3 Å². The van der Waals surface area contributed by atoms with Crippen LogP contribution in [0.15, 0.2) is 36.5 Å². The molecule has 1 fully saturated rings. The van der Waals surface area contributed by atoms with E-state index in [9.17, 15) is 0 Å². The Balaban J connectivity index is 1.59. The lowest BCUT2D eigenvalue weighted by Gasteiger charge is -2.32. The zero-order valence-corrected chi connectivity index (χ0v) is 12.5. The van der Waals surface area contributed by atoms with Crippen LogP contribution in [-0.2, 0) is 11.3 Å². The third kappa shape index (κ3) is 3.52. The number of hydrogen-bond donors (Lipinski definition) is 2. The summed E-state index contributed by atoms with van der Waals surface area (Å²) in [6.45, 7) is 4.77. The maximum absolute atomic E-state index is 6.03. The minimum absolute atomic E-state index is 0.220. The van der Waals surface area contributed by atoms with Gasteiger partial charge in [0.2, 0.25) is 0 Å². The summed E-state index contributed by atoms with van der Waals surface area (Å²) in [6.07, 6.45) is 4.49. The summed E-state index contributed by atoms with van der Waals surface area (Å²) in [5.41, 5.74) is 3.67. The van der Waals surface area contributed by atoms with Crippen LogP contribution in [0, 0.1) is 12.8 Å². The SMILES string of the molecule is Cc1[nH]ncc1CNC[C@@H]1CCCO[C@H]1c1ccccc1. The van der Waals surface area contributed by atoms with Gasteiger partial charge in [0, 0.05) is 36.9 Å². The molecule has 1 aromatic heterocycles. The van der Waals surface area contributed by atoms with Gasteiger partial charge in [-0.05, 0) is 25.3 Å². The van der Waals surface area contributed by atoms with Crippen molar-refractivity contribution in [1.82, 2.24) is 15.5 Å². The topological polar surface area (TPSA) is 49.9 Å². The number of aromatic nitrogens is 2. The molecule has 2 N–H and O–H groups in total. The van der Waals surface area contributed by atoms with Gasteiger partial charge in [-0.15, -0.1) is 0 Å². The fraction of sp³-hybridized carbons (Fsp3) is 0.471. The van der Waals surface area contributed by atoms with Crippen molar-refractivity contribution >= 4 is 0 Å². The number of aromatic amines is 1. The molecule has 2 aromatic rings. The average molecular weight is 285 g/mol. The van der Waals surface area contributed by atoms with Crippen LogP contribution in [0.5, 0.6) is 0 Å². The maximum Gasteiger partial charge on any atom is 0.0865 e. The number of benzene rings is 1. The standard InChI is InChI=1S/C17H23N3O/c1-13-16(12-19-20-13)11-18-10-15-8-5-9-21-17(15)14-6-3-2-4-7-14/h2-4,6-7,12,15,17-18H,5,8-11H2,1H3,(H,19,20)/t15-,17-/m0/s1. The van der Waals surface area contributed by atoms with E-state index in [2.05, 4.69) is 52.8 Å². The number of rotatable bonds is 5. The Morgan fingerprint density at radius 2 is 2.19 bits per heavy atom. The second-order valence-corrected chi connectivity index (χ2v) is 5.76. The van der Waals surface area contributed by atoms with Crippen LogP contribution < -0.4 is 5.32 Å². The molecule has 0 saturated carbocycles. The first-order chi connectivity index (χ1) is 10.3. The Kier molecular flexibility index (Phi) is 4.68. The molecule has 0 aliphatic carbocycles. The summed E-state index contributed by atoms with van der Waals surface area (Å²) >= 11 is 0. The molecular formula is C17H23N3O. The molecule has 2 heterocycles. The third-order valence-corrected chi connectivity index (χ3v) is 4.23. The normalized spacial score (nSPS) is 22.3. The molecule has 0 radical (unpaired) electrons. The van der Waals surface area contributed by atoms with E-state index in [4.69, 9.17) is 4.74 Å². The lowest BCUT2D eigenvalue weighted by atomic mass is 9.89. The number of ether oxygens (including phenoxy) is 1. The van der Waals surface area contributed by atoms with E-state index in [-0.39, 0.29) is 6.10 Å². The predicted molar refractivity (Wildman–Crippen MR) is 82.9 cm³/mol. The highest BCUT2D eigenvalue weighted by atomic mass is 16.5. The van der Waals surface area contributed by atoms with E-state index < -0.39 is 0 Å². The van der Waals surface area contributed by atoms with Gasteiger partial charge in [0.25, 0.3) is 0 Å². The van der Waals surface area contributed by atoms with Crippen LogP contribution >= 0.6 is 0 Å². The molecular weight excluding hydrogens is 262 g/mol. The Labute approximate surface area is 125 Å². The maximum atomic E-state index is 6.03. The van der Waals surface area contributed by atoms with Crippen molar-refractivity contribution < 1.29 is 4.74 Å². The van der Waals surface area contributed by atoms with Gasteiger partial charge in [-0.2, -0.15) is 5.10 Å². The van der Waals surface area contributed by atoms with E-state index in [0.29, 0.717) is 5.92 Å². The van der Waals surface area contributed by atoms with E-state index in [1.165, 1.54) is 17.5 Å². The van der Waals surface area contributed by atoms with Gasteiger partial charge in [0.15, 0.2) is 0 Å². The molecule has 1 aliphatic heterocycles. The summed E-state index contributed by atoms with van der Waals surface area (Å²) < 4.78 is 6.03. The molecule has 1 aromatic carbocycles. The second kappa shape index (κ2) is 6.87. The van der Waals surface area contributed by atoms with Crippen LogP contribution in [0.25, 0.3) is 0 Å². The minimum atomic E-state index is 0.220. The summed E-state index contributed by atoms with van der Waals surface area (Å²) in [5.74, 6) is 0.536. The minimum Gasteiger partial charge on any atom is -0.373 e. The van der Waals surface area contributed by atoms with Gasteiger partial charge in [-0.3, -0.25) is 5.10 Å². The zero-order chi connectivity index (χ0) is 14.5. The van der Waals surface area contributed by atoms with Gasteiger partial charge in [-0.25, -0.2) is 0 Å². The smallest absolute Gasteiger partial charge is 0.0865 e. The van der Waals surface area contributed by atoms with Gasteiger partial charge in [-0.1, -0.05) is 30.3 Å². The van der Waals surface area contributed by atoms with Crippen LogP contribution in [0.2, 0.25) is 0 Å². The van der Waals surface area contributed by atoms with Crippen molar-refractivity contribution in [2.75, 3.05) is 13.2 Å². The number of nitrogens with one attached hydrogen (secondary N) is 2. The summed E-state index contributed by atoms with van der Waals surface area (Å²) in [5, 5.41) is 10.6. The number of aryl methyl sites for hydroxylation is 1. The molecule has 0 spiro atoms. The quantitative estimate of drug-likeness (QED) is 0.888. The molecule has 21 heavy (non-hydrogen) atoms. The largest absolute Gasteiger partial charge is 0.373 e. The Morgan fingerprint density at radius 3 is 2.95 bits per heavy atom. The van der Waals surface area contributed by atoms with E-state index in [1.807, 2.05) is 6.20 Å². The summed E-state index contributed by atoms with van der Waals surface area (Å²) in [6, 6.07) is 10.6. The molecule has 1 aliphatic rings. The molecule has 4 nitrogen and oxygen atoms in total. The predicted octanol–water partition coefficient (Wildman–Crippen LogP) is 2.98. The highest BCUT2D eigenvalue weighted by Crippen LogP contribution is 2.33. The van der Waals surface area contributed by atoms with Crippen molar-refractivity contribution in [2.45, 2.75) is 32.4 Å². The van der Waals surface area contributed by atoms with Gasteiger partial charge in [0.05, 0.1) is 12.3 Å². The third-order valence-electron chi connectivity index (χ3n) is 4.23. The van der Waals surface area contributed by atoms with Crippen LogP contribution in [-0.4, -0.2) is 23.3 Å². The molecule has 1 saturated heterocycles. The van der Waals surface area contributed by atoms with Gasteiger partial charge < -0.3 is 10.1 Å². The Morgan fingerprint density at radius 1 is 1.33 bits per heavy atom. The van der Waals surface area contributed by atoms with Crippen LogP contribution in [0.4, 0.5) is 0 Å². The number of hydrogen-bond acceptors (Lipinski definition) is 3. The first kappa shape index (κ1) is 14.3. The fourth-order valence-electron chi connectivity index (χ4n) is 3.01. The first-order valence-electron chi connectivity index (χ1n) is 7.70. The molecule has 3 rings (SSSR count). The van der Waals surface area contributed by atoms with Crippen LogP contribution in [0.1, 0.15) is 35.8 Å². The fourth-order valence-corrected chi connectivity index (χ4v) is 3.01. The van der Waals surface area contributed by atoms with Crippen molar-refractivity contribution in [2.24, 2.45) is 5.92 Å². The van der Waals surface area contributed by atoms with Crippen molar-refractivity contribution in [1.29, 1.82) is 0 Å². The summed E-state index contributed by atoms with van der Waals surface area (Å²) in [7, 11) is 0. The Bertz CT molecular complexity index is 552. The van der Waals surface area contributed by atoms with E-state index in [0.717, 1.165) is 31.8 Å². The highest BCUT2D eigenvalue weighted by molar-refractivity contribution is 5.19. The highest BCUT2D eigenvalue weighted by Gasteiger charge is 2.26. The monoisotopic (exact) mass is 285 g/mol. The van der Waals surface area contributed by atoms with Crippen molar-refractivity contribution in [3.8, 4) is 0 Å². The van der Waals surface area contributed by atoms with E-state index >= 15 is 0 Å². The lowest BCUT2D eigenvalue weighted by Crippen LogP contribution is -2.31. The number of H-pyrrole nitrogens is 1. The summed E-state index contributed by atoms with van der Waals surface area (Å²) in [4.78, 5) is 0. The second-order valence-electron chi connectivity index (χ2n) is 5.76. The molecule has 0 bridgehead atoms. The molecule has 0 unspecified atom stereocenters. The molecule has 4 heteroatoms. The van der Waals surface area contributed by atoms with E-state index in [1.54, 1.807) is 0 Å². The van der Waals surface area contributed by atoms with Crippen molar-refractivity contribution in [3.63, 3.8) is 0 Å². The lowest BCUT2D eigenvalue weighted by molar-refractivity contribution is -0.0278. The zero-order valence-electron chi connectivity index (χ0n) is 12.5. The van der Waals surface area contributed by atoms with Crippen LogP contribution in [0.3, 0.4) is 0 Å². The first-order valence-corrected chi connectivity index (χ1v) is 7.70. The number of nitrogens with zero attached hydrogens (tertiary/aromatic N) is 1.